The summed E-state index contributed by atoms with van der Waals surface area (Å²) in [4.78, 5) is 0. The van der Waals surface area contributed by atoms with Crippen LogP contribution in [0.2, 0.25) is 0 Å². The first-order chi connectivity index (χ1) is 3.30. The Labute approximate surface area is 46.2 Å². The fraction of sp³-hybridized carbons (Fsp3) is 0.250. The predicted octanol–water partition coefficient (Wildman–Crippen LogP) is 0.0578. The molecule has 0 atom stereocenters. The van der Waals surface area contributed by atoms with Gasteiger partial charge in [0.15, 0.2) is 0 Å². The van der Waals surface area contributed by atoms with Gasteiger partial charge in [0.05, 0.1) is 5.38 Å². The molecule has 2 N–H and O–H groups in total. The third-order valence-corrected chi connectivity index (χ3v) is 1.63. The summed E-state index contributed by atoms with van der Waals surface area (Å²) in [5.74, 6) is 5.37. The molecule has 0 saturated carbocycles. The van der Waals surface area contributed by atoms with E-state index in [0.29, 0.717) is 0 Å². The summed E-state index contributed by atoms with van der Waals surface area (Å²) in [6, 6.07) is 0. The molecule has 0 unspecified atom stereocenters. The molecule has 1 aromatic heterocycles. The molecule has 0 aliphatic heterocycles. The molecule has 0 aliphatic rings. The first kappa shape index (κ1) is 4.59. The summed E-state index contributed by atoms with van der Waals surface area (Å²) in [5.41, 5.74) is 0. The zero-order valence-electron chi connectivity index (χ0n) is 4.09. The maximum absolute atomic E-state index is 5.37. The summed E-state index contributed by atoms with van der Waals surface area (Å²) < 4.78 is 1.60. The van der Waals surface area contributed by atoms with Gasteiger partial charge in [0.2, 0.25) is 6.20 Å². The SMILES string of the molecule is Cc1scc[n+]1N. The second-order valence-corrected chi connectivity index (χ2v) is 2.43. The van der Waals surface area contributed by atoms with Gasteiger partial charge in [-0.25, -0.2) is 5.84 Å². The van der Waals surface area contributed by atoms with Crippen LogP contribution in [0.5, 0.6) is 0 Å². The summed E-state index contributed by atoms with van der Waals surface area (Å²) in [5, 5.41) is 3.08. The van der Waals surface area contributed by atoms with Crippen molar-refractivity contribution in [3.8, 4) is 0 Å². The van der Waals surface area contributed by atoms with Crippen molar-refractivity contribution in [2.75, 3.05) is 5.84 Å². The van der Waals surface area contributed by atoms with Crippen molar-refractivity contribution in [2.24, 2.45) is 0 Å². The highest BCUT2D eigenvalue weighted by Gasteiger charge is 1.97. The predicted molar refractivity (Wildman–Crippen MR) is 29.4 cm³/mol. The Kier molecular flexibility index (Phi) is 0.982. The Balaban J connectivity index is 3.12. The average molecular weight is 115 g/mol. The Morgan fingerprint density at radius 1 is 1.86 bits per heavy atom. The molecule has 7 heavy (non-hydrogen) atoms. The van der Waals surface area contributed by atoms with Gasteiger partial charge in [0, 0.05) is 6.92 Å². The number of nitrogens with zero attached hydrogens (tertiary/aromatic N) is 1. The van der Waals surface area contributed by atoms with Crippen LogP contribution in [-0.4, -0.2) is 0 Å². The van der Waals surface area contributed by atoms with E-state index in [1.54, 1.807) is 16.0 Å². The number of aryl methyl sites for hydroxylation is 1. The van der Waals surface area contributed by atoms with E-state index in [1.807, 2.05) is 18.5 Å². The molecule has 38 valence electrons. The van der Waals surface area contributed by atoms with Gasteiger partial charge in [-0.2, -0.15) is 0 Å². The molecule has 0 fully saturated rings. The summed E-state index contributed by atoms with van der Waals surface area (Å²) >= 11 is 1.64. The van der Waals surface area contributed by atoms with Gasteiger partial charge < -0.3 is 0 Å². The number of rotatable bonds is 0. The van der Waals surface area contributed by atoms with E-state index >= 15 is 0 Å². The topological polar surface area (TPSA) is 29.9 Å². The molecule has 0 aliphatic carbocycles. The van der Waals surface area contributed by atoms with Crippen LogP contribution in [0.25, 0.3) is 0 Å². The van der Waals surface area contributed by atoms with Crippen molar-refractivity contribution < 1.29 is 4.68 Å². The second kappa shape index (κ2) is 1.50. The van der Waals surface area contributed by atoms with E-state index < -0.39 is 0 Å². The molecule has 1 heterocycles. The van der Waals surface area contributed by atoms with Crippen molar-refractivity contribution in [3.05, 3.63) is 16.6 Å². The van der Waals surface area contributed by atoms with E-state index in [1.165, 1.54) is 0 Å². The highest BCUT2D eigenvalue weighted by Crippen LogP contribution is 1.94. The number of aromatic nitrogens is 1. The van der Waals surface area contributed by atoms with Crippen molar-refractivity contribution in [1.29, 1.82) is 0 Å². The van der Waals surface area contributed by atoms with Gasteiger partial charge in [0.25, 0.3) is 5.01 Å². The molecule has 0 amide bonds. The van der Waals surface area contributed by atoms with Gasteiger partial charge in [-0.1, -0.05) is 16.0 Å². The van der Waals surface area contributed by atoms with Gasteiger partial charge >= 0.3 is 0 Å². The lowest BCUT2D eigenvalue weighted by atomic mass is 10.8. The second-order valence-electron chi connectivity index (χ2n) is 1.33. The number of hydrogen-bond acceptors (Lipinski definition) is 2. The van der Waals surface area contributed by atoms with Crippen LogP contribution in [0.3, 0.4) is 0 Å². The molecule has 3 heteroatoms. The van der Waals surface area contributed by atoms with Crippen LogP contribution in [0.4, 0.5) is 0 Å². The van der Waals surface area contributed by atoms with E-state index in [9.17, 15) is 0 Å². The molecule has 0 saturated heterocycles. The minimum Gasteiger partial charge on any atom is -0.204 e. The minimum atomic E-state index is 1.13. The molecule has 1 aromatic rings. The van der Waals surface area contributed by atoms with Crippen LogP contribution in [0, 0.1) is 6.92 Å². The molecular weight excluding hydrogens is 108 g/mol. The quantitative estimate of drug-likeness (QED) is 0.376. The Morgan fingerprint density at radius 2 is 2.57 bits per heavy atom. The molecule has 0 bridgehead atoms. The minimum absolute atomic E-state index is 1.13. The maximum Gasteiger partial charge on any atom is 0.263 e. The molecule has 0 aromatic carbocycles. The Hall–Kier alpha value is -0.570. The summed E-state index contributed by atoms with van der Waals surface area (Å²) in [6.07, 6.45) is 1.83. The van der Waals surface area contributed by atoms with Crippen LogP contribution < -0.4 is 10.5 Å². The number of thiazole rings is 1. The first-order valence-corrected chi connectivity index (χ1v) is 2.89. The Morgan fingerprint density at radius 3 is 2.71 bits per heavy atom. The lowest BCUT2D eigenvalue weighted by Gasteiger charge is -1.73. The standard InChI is InChI=1S/C4H7N2S/c1-4-6(5)2-3-7-4/h2-3H,5H2,1H3/q+1. The maximum atomic E-state index is 5.37. The fourth-order valence-electron chi connectivity index (χ4n) is 0.360. The van der Waals surface area contributed by atoms with Crippen molar-refractivity contribution in [1.82, 2.24) is 0 Å². The molecule has 0 radical (unpaired) electrons. The molecule has 0 spiro atoms. The Bertz CT molecular complexity index is 142. The zero-order valence-corrected chi connectivity index (χ0v) is 4.90. The van der Waals surface area contributed by atoms with Gasteiger partial charge in [-0.3, -0.25) is 0 Å². The van der Waals surface area contributed by atoms with Crippen molar-refractivity contribution >= 4 is 11.3 Å². The van der Waals surface area contributed by atoms with Crippen molar-refractivity contribution in [3.63, 3.8) is 0 Å². The van der Waals surface area contributed by atoms with Crippen LogP contribution in [0.1, 0.15) is 5.01 Å². The summed E-state index contributed by atoms with van der Waals surface area (Å²) in [6.45, 7) is 1.98. The third-order valence-electron chi connectivity index (χ3n) is 0.824. The van der Waals surface area contributed by atoms with Crippen LogP contribution in [-0.2, 0) is 0 Å². The van der Waals surface area contributed by atoms with Gasteiger partial charge in [-0.15, -0.1) is 0 Å². The fourth-order valence-corrected chi connectivity index (χ4v) is 0.932. The number of nitrogens with two attached hydrogens (primary N) is 1. The zero-order chi connectivity index (χ0) is 5.28. The number of nitrogen functional groups attached to an aromatic ring is 1. The van der Waals surface area contributed by atoms with E-state index in [4.69, 9.17) is 5.84 Å². The normalized spacial score (nSPS) is 9.29. The lowest BCUT2D eigenvalue weighted by molar-refractivity contribution is -0.639. The van der Waals surface area contributed by atoms with Crippen molar-refractivity contribution in [2.45, 2.75) is 6.92 Å². The lowest BCUT2D eigenvalue weighted by Crippen LogP contribution is -2.44. The van der Waals surface area contributed by atoms with Crippen LogP contribution >= 0.6 is 11.3 Å². The smallest absolute Gasteiger partial charge is 0.204 e. The van der Waals surface area contributed by atoms with Gasteiger partial charge in [-0.05, 0) is 0 Å². The first-order valence-electron chi connectivity index (χ1n) is 2.01. The summed E-state index contributed by atoms with van der Waals surface area (Å²) in [7, 11) is 0. The average Bonchev–Trinajstić information content (AvgIpc) is 1.91. The van der Waals surface area contributed by atoms with E-state index in [2.05, 4.69) is 0 Å². The van der Waals surface area contributed by atoms with E-state index in [-0.39, 0.29) is 0 Å². The monoisotopic (exact) mass is 115 g/mol. The molecule has 2 nitrogen and oxygen atoms in total. The highest BCUT2D eigenvalue weighted by molar-refractivity contribution is 7.09. The van der Waals surface area contributed by atoms with E-state index in [0.717, 1.165) is 5.01 Å². The largest absolute Gasteiger partial charge is 0.263 e. The molecule has 1 rings (SSSR count). The number of hydrogen-bond donors (Lipinski definition) is 1. The third kappa shape index (κ3) is 0.718. The van der Waals surface area contributed by atoms with Gasteiger partial charge in [0.1, 0.15) is 0 Å². The highest BCUT2D eigenvalue weighted by atomic mass is 32.1. The van der Waals surface area contributed by atoms with Crippen LogP contribution in [0.15, 0.2) is 11.6 Å². The molecular formula is C4H7N2S+.